The van der Waals surface area contributed by atoms with E-state index in [4.69, 9.17) is 0 Å². The molecular weight excluding hydrogens is 234 g/mol. The maximum absolute atomic E-state index is 4.38. The van der Waals surface area contributed by atoms with E-state index >= 15 is 0 Å². The van der Waals surface area contributed by atoms with E-state index in [0.29, 0.717) is 0 Å². The number of fused-ring (bicyclic) bond motifs is 2. The van der Waals surface area contributed by atoms with Crippen LogP contribution in [-0.4, -0.2) is 30.5 Å². The van der Waals surface area contributed by atoms with E-state index in [-0.39, 0.29) is 0 Å². The second-order valence-electron chi connectivity index (χ2n) is 6.39. The van der Waals surface area contributed by atoms with E-state index in [0.717, 1.165) is 30.1 Å². The molecule has 0 saturated heterocycles. The molecule has 2 aliphatic rings. The van der Waals surface area contributed by atoms with E-state index in [2.05, 4.69) is 28.3 Å². The fourth-order valence-electron chi connectivity index (χ4n) is 4.15. The third-order valence-electron chi connectivity index (χ3n) is 5.00. The zero-order chi connectivity index (χ0) is 13.2. The first kappa shape index (κ1) is 12.9. The fraction of sp³-hybridized carbons (Fsp3) is 0.688. The summed E-state index contributed by atoms with van der Waals surface area (Å²) in [5.41, 5.74) is 1.30. The molecule has 3 atom stereocenters. The van der Waals surface area contributed by atoms with Crippen LogP contribution in [0.25, 0.3) is 0 Å². The third kappa shape index (κ3) is 2.76. The number of hydrogen-bond donors (Lipinski definition) is 1. The lowest BCUT2D eigenvalue weighted by Gasteiger charge is -2.27. The average molecular weight is 259 g/mol. The Hall–Kier alpha value is -1.09. The van der Waals surface area contributed by atoms with Gasteiger partial charge in [0.05, 0.1) is 0 Å². The molecule has 1 heterocycles. The van der Waals surface area contributed by atoms with Gasteiger partial charge in [-0.15, -0.1) is 0 Å². The molecule has 1 aromatic heterocycles. The minimum absolute atomic E-state index is 0.943. The van der Waals surface area contributed by atoms with Crippen molar-refractivity contribution in [2.75, 3.05) is 26.0 Å². The number of nitrogens with zero attached hydrogens (tertiary/aromatic N) is 2. The van der Waals surface area contributed by atoms with Crippen LogP contribution in [0.1, 0.15) is 31.2 Å². The average Bonchev–Trinajstić information content (AvgIpc) is 3.01. The largest absolute Gasteiger partial charge is 0.373 e. The summed E-state index contributed by atoms with van der Waals surface area (Å²) in [6.07, 6.45) is 7.81. The van der Waals surface area contributed by atoms with Crippen molar-refractivity contribution < 1.29 is 0 Å². The van der Waals surface area contributed by atoms with Gasteiger partial charge in [0.25, 0.3) is 0 Å². The van der Waals surface area contributed by atoms with Crippen LogP contribution in [0.2, 0.25) is 0 Å². The Bertz CT molecular complexity index is 432. The predicted molar refractivity (Wildman–Crippen MR) is 79.1 cm³/mol. The molecule has 2 aliphatic carbocycles. The maximum atomic E-state index is 4.38. The molecule has 2 fully saturated rings. The maximum Gasteiger partial charge on any atom is 0.130 e. The molecule has 3 unspecified atom stereocenters. The van der Waals surface area contributed by atoms with Crippen molar-refractivity contribution in [1.82, 2.24) is 9.88 Å². The van der Waals surface area contributed by atoms with E-state index in [1.807, 2.05) is 19.3 Å². The van der Waals surface area contributed by atoms with Gasteiger partial charge in [0, 0.05) is 31.9 Å². The summed E-state index contributed by atoms with van der Waals surface area (Å²) in [7, 11) is 4.19. The van der Waals surface area contributed by atoms with Crippen LogP contribution < -0.4 is 5.32 Å². The van der Waals surface area contributed by atoms with Gasteiger partial charge in [-0.05, 0) is 50.1 Å². The van der Waals surface area contributed by atoms with Crippen LogP contribution >= 0.6 is 0 Å². The molecule has 1 N–H and O–H groups in total. The van der Waals surface area contributed by atoms with Crippen molar-refractivity contribution in [2.24, 2.45) is 17.8 Å². The van der Waals surface area contributed by atoms with Crippen molar-refractivity contribution in [2.45, 2.75) is 32.2 Å². The second kappa shape index (κ2) is 5.49. The quantitative estimate of drug-likeness (QED) is 0.881. The molecule has 1 aromatic rings. The predicted octanol–water partition coefficient (Wildman–Crippen LogP) is 2.99. The number of aromatic nitrogens is 1. The molecule has 104 valence electrons. The van der Waals surface area contributed by atoms with E-state index in [1.165, 1.54) is 37.8 Å². The molecule has 0 aliphatic heterocycles. The van der Waals surface area contributed by atoms with Crippen LogP contribution in [0.4, 0.5) is 5.82 Å². The SMILES string of the molecule is CNc1ncccc1CN(C)CC1CC2CCC1C2. The van der Waals surface area contributed by atoms with Gasteiger partial charge in [0.2, 0.25) is 0 Å². The van der Waals surface area contributed by atoms with Gasteiger partial charge in [0.1, 0.15) is 5.82 Å². The minimum atomic E-state index is 0.943. The molecule has 19 heavy (non-hydrogen) atoms. The Kier molecular flexibility index (Phi) is 3.74. The zero-order valence-electron chi connectivity index (χ0n) is 12.1. The van der Waals surface area contributed by atoms with E-state index in [9.17, 15) is 0 Å². The molecule has 3 heteroatoms. The smallest absolute Gasteiger partial charge is 0.130 e. The summed E-state index contributed by atoms with van der Waals surface area (Å²) in [6, 6.07) is 4.21. The van der Waals surface area contributed by atoms with Gasteiger partial charge in [-0.1, -0.05) is 12.5 Å². The highest BCUT2D eigenvalue weighted by atomic mass is 15.1. The lowest BCUT2D eigenvalue weighted by molar-refractivity contribution is 0.214. The summed E-state index contributed by atoms with van der Waals surface area (Å²) in [4.78, 5) is 6.86. The molecule has 0 aromatic carbocycles. The first-order valence-corrected chi connectivity index (χ1v) is 7.56. The topological polar surface area (TPSA) is 28.2 Å². The monoisotopic (exact) mass is 259 g/mol. The molecule has 0 amide bonds. The lowest BCUT2D eigenvalue weighted by Crippen LogP contribution is -2.28. The highest BCUT2D eigenvalue weighted by Crippen LogP contribution is 2.48. The molecule has 0 spiro atoms. The normalized spacial score (nSPS) is 29.1. The van der Waals surface area contributed by atoms with Crippen LogP contribution in [0, 0.1) is 17.8 Å². The summed E-state index contributed by atoms with van der Waals surface area (Å²) in [6.45, 7) is 2.25. The lowest BCUT2D eigenvalue weighted by atomic mass is 9.88. The Morgan fingerprint density at radius 1 is 1.37 bits per heavy atom. The van der Waals surface area contributed by atoms with Crippen LogP contribution in [-0.2, 0) is 6.54 Å². The Morgan fingerprint density at radius 3 is 2.95 bits per heavy atom. The molecular formula is C16H25N3. The standard InChI is InChI=1S/C16H25N3/c1-17-16-14(4-3-7-18-16)10-19(2)11-15-9-12-5-6-13(15)8-12/h3-4,7,12-13,15H,5-6,8-11H2,1-2H3,(H,17,18). The number of nitrogens with one attached hydrogen (secondary N) is 1. The number of hydrogen-bond acceptors (Lipinski definition) is 3. The van der Waals surface area contributed by atoms with Crippen molar-refractivity contribution >= 4 is 5.82 Å². The van der Waals surface area contributed by atoms with Gasteiger partial charge in [-0.3, -0.25) is 0 Å². The van der Waals surface area contributed by atoms with E-state index in [1.54, 1.807) is 0 Å². The number of anilines is 1. The van der Waals surface area contributed by atoms with Crippen molar-refractivity contribution in [3.8, 4) is 0 Å². The highest BCUT2D eigenvalue weighted by Gasteiger charge is 2.39. The first-order chi connectivity index (χ1) is 9.26. The van der Waals surface area contributed by atoms with Crippen molar-refractivity contribution in [1.29, 1.82) is 0 Å². The van der Waals surface area contributed by atoms with E-state index < -0.39 is 0 Å². The number of rotatable bonds is 5. The Labute approximate surface area is 116 Å². The Morgan fingerprint density at radius 2 is 2.26 bits per heavy atom. The summed E-state index contributed by atoms with van der Waals surface area (Å²) < 4.78 is 0. The highest BCUT2D eigenvalue weighted by molar-refractivity contribution is 5.42. The minimum Gasteiger partial charge on any atom is -0.373 e. The third-order valence-corrected chi connectivity index (χ3v) is 5.00. The van der Waals surface area contributed by atoms with Gasteiger partial charge in [-0.2, -0.15) is 0 Å². The molecule has 3 rings (SSSR count). The van der Waals surface area contributed by atoms with Gasteiger partial charge >= 0.3 is 0 Å². The van der Waals surface area contributed by atoms with Crippen molar-refractivity contribution in [3.05, 3.63) is 23.9 Å². The van der Waals surface area contributed by atoms with Gasteiger partial charge in [0.15, 0.2) is 0 Å². The fourth-order valence-corrected chi connectivity index (χ4v) is 4.15. The van der Waals surface area contributed by atoms with Crippen LogP contribution in [0.3, 0.4) is 0 Å². The van der Waals surface area contributed by atoms with Gasteiger partial charge < -0.3 is 10.2 Å². The summed E-state index contributed by atoms with van der Waals surface area (Å²) in [5, 5.41) is 3.18. The van der Waals surface area contributed by atoms with Crippen LogP contribution in [0.15, 0.2) is 18.3 Å². The second-order valence-corrected chi connectivity index (χ2v) is 6.39. The molecule has 2 bridgehead atoms. The summed E-state index contributed by atoms with van der Waals surface area (Å²) in [5.74, 6) is 4.03. The van der Waals surface area contributed by atoms with Gasteiger partial charge in [-0.25, -0.2) is 4.98 Å². The summed E-state index contributed by atoms with van der Waals surface area (Å²) >= 11 is 0. The Balaban J connectivity index is 1.57. The van der Waals surface area contributed by atoms with Crippen molar-refractivity contribution in [3.63, 3.8) is 0 Å². The van der Waals surface area contributed by atoms with Crippen LogP contribution in [0.5, 0.6) is 0 Å². The molecule has 2 saturated carbocycles. The molecule has 0 radical (unpaired) electrons. The molecule has 3 nitrogen and oxygen atoms in total. The zero-order valence-corrected chi connectivity index (χ0v) is 12.1. The number of pyridine rings is 1. The first-order valence-electron chi connectivity index (χ1n) is 7.56.